The number of aryl methyl sites for hydroxylation is 1. The Bertz CT molecular complexity index is 508. The molecule has 0 heterocycles. The van der Waals surface area contributed by atoms with E-state index in [2.05, 4.69) is 46.9 Å². The molecule has 1 aliphatic rings. The molecule has 4 heteroatoms. The molecule has 0 radical (unpaired) electrons. The molecule has 21 heavy (non-hydrogen) atoms. The molecule has 0 aromatic heterocycles. The first-order chi connectivity index (χ1) is 9.61. The normalized spacial score (nSPS) is 18.2. The topological polar surface area (TPSA) is 38.7 Å². The summed E-state index contributed by atoms with van der Waals surface area (Å²) in [5, 5.41) is 9.40. The van der Waals surface area contributed by atoms with Gasteiger partial charge in [0.25, 0.3) is 0 Å². The van der Waals surface area contributed by atoms with Crippen molar-refractivity contribution in [2.75, 3.05) is 0 Å². The zero-order chi connectivity index (χ0) is 15.9. The molecule has 0 saturated heterocycles. The Kier molecular flexibility index (Phi) is 4.26. The molecule has 1 saturated carbocycles. The van der Waals surface area contributed by atoms with Gasteiger partial charge in [-0.05, 0) is 67.6 Å². The Labute approximate surface area is 129 Å². The summed E-state index contributed by atoms with van der Waals surface area (Å²) in [5.74, 6) is 0.956. The van der Waals surface area contributed by atoms with Crippen LogP contribution >= 0.6 is 0 Å². The molecule has 1 aromatic carbocycles. The molecular formula is C17H28O3Si. The Morgan fingerprint density at radius 2 is 1.81 bits per heavy atom. The highest BCUT2D eigenvalue weighted by Gasteiger charge is 2.42. The van der Waals surface area contributed by atoms with Crippen LogP contribution in [0.25, 0.3) is 0 Å². The molecule has 1 N–H and O–H groups in total. The largest absolute Gasteiger partial charge is 0.543 e. The Morgan fingerprint density at radius 3 is 2.19 bits per heavy atom. The summed E-state index contributed by atoms with van der Waals surface area (Å²) >= 11 is 0. The van der Waals surface area contributed by atoms with Gasteiger partial charge in [-0.25, -0.2) is 4.89 Å². The summed E-state index contributed by atoms with van der Waals surface area (Å²) in [6.07, 6.45) is 2.86. The summed E-state index contributed by atoms with van der Waals surface area (Å²) in [6, 6.07) is 6.16. The van der Waals surface area contributed by atoms with Crippen molar-refractivity contribution >= 4 is 8.32 Å². The van der Waals surface area contributed by atoms with E-state index in [0.717, 1.165) is 36.1 Å². The lowest BCUT2D eigenvalue weighted by Crippen LogP contribution is -2.44. The lowest BCUT2D eigenvalue weighted by Gasteiger charge is -2.40. The standard InChI is InChI=1S/C17H28O3Si/c1-13-12-14(17(20-18)10-7-11-17)8-9-15(13)19-21(5,6)16(2,3)4/h8-9,12,18H,7,10-11H2,1-6H3. The van der Waals surface area contributed by atoms with Crippen molar-refractivity contribution in [1.29, 1.82) is 0 Å². The molecule has 0 spiro atoms. The van der Waals surface area contributed by atoms with Gasteiger partial charge in [0.05, 0.1) is 0 Å². The van der Waals surface area contributed by atoms with E-state index in [4.69, 9.17) is 9.31 Å². The zero-order valence-corrected chi connectivity index (χ0v) is 15.1. The van der Waals surface area contributed by atoms with Crippen LogP contribution in [0.4, 0.5) is 0 Å². The molecule has 1 aliphatic carbocycles. The fourth-order valence-corrected chi connectivity index (χ4v) is 3.49. The van der Waals surface area contributed by atoms with Crippen LogP contribution in [0.1, 0.15) is 51.2 Å². The first-order valence-electron chi connectivity index (χ1n) is 7.74. The average Bonchev–Trinajstić information content (AvgIpc) is 2.30. The minimum Gasteiger partial charge on any atom is -0.543 e. The zero-order valence-electron chi connectivity index (χ0n) is 14.1. The van der Waals surface area contributed by atoms with E-state index < -0.39 is 13.9 Å². The van der Waals surface area contributed by atoms with Gasteiger partial charge in [0, 0.05) is 0 Å². The van der Waals surface area contributed by atoms with Gasteiger partial charge >= 0.3 is 0 Å². The highest BCUT2D eigenvalue weighted by Crippen LogP contribution is 2.45. The number of hydrogen-bond acceptors (Lipinski definition) is 3. The van der Waals surface area contributed by atoms with E-state index in [9.17, 15) is 5.26 Å². The summed E-state index contributed by atoms with van der Waals surface area (Å²) in [4.78, 5) is 4.78. The van der Waals surface area contributed by atoms with E-state index in [0.29, 0.717) is 0 Å². The van der Waals surface area contributed by atoms with Gasteiger partial charge in [0.15, 0.2) is 0 Å². The molecule has 118 valence electrons. The maximum Gasteiger partial charge on any atom is 0.250 e. The van der Waals surface area contributed by atoms with Gasteiger partial charge in [0.1, 0.15) is 11.4 Å². The van der Waals surface area contributed by atoms with Gasteiger partial charge in [-0.2, -0.15) is 0 Å². The Morgan fingerprint density at radius 1 is 1.19 bits per heavy atom. The van der Waals surface area contributed by atoms with Crippen molar-refractivity contribution in [1.82, 2.24) is 0 Å². The van der Waals surface area contributed by atoms with E-state index in [1.165, 1.54) is 0 Å². The molecule has 2 rings (SSSR count). The van der Waals surface area contributed by atoms with E-state index in [1.54, 1.807) is 0 Å². The van der Waals surface area contributed by atoms with E-state index in [-0.39, 0.29) is 5.04 Å². The lowest BCUT2D eigenvalue weighted by atomic mass is 9.75. The van der Waals surface area contributed by atoms with Crippen LogP contribution in [0.5, 0.6) is 5.75 Å². The van der Waals surface area contributed by atoms with Gasteiger partial charge in [0.2, 0.25) is 8.32 Å². The molecule has 0 unspecified atom stereocenters. The van der Waals surface area contributed by atoms with E-state index >= 15 is 0 Å². The molecule has 1 fully saturated rings. The van der Waals surface area contributed by atoms with Crippen LogP contribution in [0.3, 0.4) is 0 Å². The second kappa shape index (κ2) is 5.41. The molecule has 3 nitrogen and oxygen atoms in total. The minimum absolute atomic E-state index is 0.182. The highest BCUT2D eigenvalue weighted by atomic mass is 28.4. The van der Waals surface area contributed by atoms with Crippen molar-refractivity contribution in [2.45, 2.75) is 70.7 Å². The van der Waals surface area contributed by atoms with Gasteiger partial charge < -0.3 is 4.43 Å². The summed E-state index contributed by atoms with van der Waals surface area (Å²) in [7, 11) is -1.82. The van der Waals surface area contributed by atoms with Gasteiger partial charge in [-0.1, -0.05) is 26.8 Å². The maximum atomic E-state index is 9.22. The second-order valence-corrected chi connectivity index (χ2v) is 12.5. The number of hydrogen-bond donors (Lipinski definition) is 1. The smallest absolute Gasteiger partial charge is 0.250 e. The molecule has 0 bridgehead atoms. The third-order valence-corrected chi connectivity index (χ3v) is 9.55. The summed E-state index contributed by atoms with van der Waals surface area (Å²) in [6.45, 7) is 13.3. The van der Waals surface area contributed by atoms with Gasteiger partial charge in [-0.15, -0.1) is 0 Å². The van der Waals surface area contributed by atoms with Crippen LogP contribution in [0.2, 0.25) is 18.1 Å². The summed E-state index contributed by atoms with van der Waals surface area (Å²) in [5.41, 5.74) is 1.68. The number of benzene rings is 1. The molecular weight excluding hydrogens is 280 g/mol. The molecule has 0 atom stereocenters. The molecule has 0 amide bonds. The average molecular weight is 308 g/mol. The maximum absolute atomic E-state index is 9.22. The van der Waals surface area contributed by atoms with Crippen LogP contribution in [0.15, 0.2) is 18.2 Å². The third-order valence-electron chi connectivity index (χ3n) is 5.21. The van der Waals surface area contributed by atoms with Crippen LogP contribution < -0.4 is 4.43 Å². The predicted molar refractivity (Wildman–Crippen MR) is 88.2 cm³/mol. The van der Waals surface area contributed by atoms with Gasteiger partial charge in [-0.3, -0.25) is 5.26 Å². The van der Waals surface area contributed by atoms with Crippen molar-refractivity contribution in [3.63, 3.8) is 0 Å². The van der Waals surface area contributed by atoms with Crippen molar-refractivity contribution in [3.8, 4) is 5.75 Å². The van der Waals surface area contributed by atoms with Crippen LogP contribution in [-0.2, 0) is 10.5 Å². The van der Waals surface area contributed by atoms with Crippen molar-refractivity contribution in [2.24, 2.45) is 0 Å². The summed E-state index contributed by atoms with van der Waals surface area (Å²) < 4.78 is 6.39. The Balaban J connectivity index is 2.25. The highest BCUT2D eigenvalue weighted by molar-refractivity contribution is 6.74. The lowest BCUT2D eigenvalue weighted by molar-refractivity contribution is -0.350. The van der Waals surface area contributed by atoms with Crippen LogP contribution in [-0.4, -0.2) is 13.6 Å². The third kappa shape index (κ3) is 3.03. The Hall–Kier alpha value is -0.843. The van der Waals surface area contributed by atoms with Crippen LogP contribution in [0, 0.1) is 6.92 Å². The monoisotopic (exact) mass is 308 g/mol. The fraction of sp³-hybridized carbons (Fsp3) is 0.647. The van der Waals surface area contributed by atoms with E-state index in [1.807, 2.05) is 12.1 Å². The quantitative estimate of drug-likeness (QED) is 0.469. The van der Waals surface area contributed by atoms with Crippen molar-refractivity contribution < 1.29 is 14.6 Å². The van der Waals surface area contributed by atoms with Crippen molar-refractivity contribution in [3.05, 3.63) is 29.3 Å². The molecule has 0 aliphatic heterocycles. The number of rotatable bonds is 4. The minimum atomic E-state index is -1.82. The fourth-order valence-electron chi connectivity index (χ4n) is 2.41. The first kappa shape index (κ1) is 16.5. The SMILES string of the molecule is Cc1cc(C2(OO)CCC2)ccc1O[Si](C)(C)C(C)(C)C. The second-order valence-electron chi connectivity index (χ2n) is 7.78. The first-order valence-corrected chi connectivity index (χ1v) is 10.6. The molecule has 1 aromatic rings. The predicted octanol–water partition coefficient (Wildman–Crippen LogP) is 5.25.